The summed E-state index contributed by atoms with van der Waals surface area (Å²) in [7, 11) is 0. The van der Waals surface area contributed by atoms with Crippen molar-refractivity contribution in [2.45, 2.75) is 20.0 Å². The summed E-state index contributed by atoms with van der Waals surface area (Å²) in [5, 5.41) is 12.9. The quantitative estimate of drug-likeness (QED) is 0.377. The standard InChI is InChI=1S/C18H16ClF4N3O4/c1-17(2,9-30-16-13(19)5-10(7-24-16)18(21,22)23)8-25-15(27)12-6-11(26(28)29)3-4-14(12)20/h3-7H,8-9H2,1-2H3,(H,25,27). The number of carbonyl (C=O) groups is 1. The molecule has 0 radical (unpaired) electrons. The second kappa shape index (κ2) is 8.82. The van der Waals surface area contributed by atoms with Crippen molar-refractivity contribution in [2.24, 2.45) is 5.41 Å². The van der Waals surface area contributed by atoms with E-state index in [1.807, 2.05) is 0 Å². The zero-order chi connectivity index (χ0) is 22.7. The predicted octanol–water partition coefficient (Wildman–Crippen LogP) is 4.64. The second-order valence-electron chi connectivity index (χ2n) is 7.07. The van der Waals surface area contributed by atoms with Crippen LogP contribution in [0.2, 0.25) is 5.02 Å². The Labute approximate surface area is 173 Å². The molecule has 0 atom stereocenters. The zero-order valence-corrected chi connectivity index (χ0v) is 16.5. The van der Waals surface area contributed by atoms with E-state index in [4.69, 9.17) is 16.3 Å². The van der Waals surface area contributed by atoms with Crippen LogP contribution in [0.5, 0.6) is 5.88 Å². The summed E-state index contributed by atoms with van der Waals surface area (Å²) in [6.45, 7) is 3.19. The molecule has 162 valence electrons. The zero-order valence-electron chi connectivity index (χ0n) is 15.7. The molecule has 0 aliphatic carbocycles. The highest BCUT2D eigenvalue weighted by Gasteiger charge is 2.32. The van der Waals surface area contributed by atoms with E-state index in [0.29, 0.717) is 12.3 Å². The third kappa shape index (κ3) is 6.02. The van der Waals surface area contributed by atoms with Crippen molar-refractivity contribution in [3.63, 3.8) is 0 Å². The van der Waals surface area contributed by atoms with Gasteiger partial charge in [-0.25, -0.2) is 9.37 Å². The van der Waals surface area contributed by atoms with E-state index in [-0.39, 0.29) is 24.1 Å². The van der Waals surface area contributed by atoms with Crippen LogP contribution < -0.4 is 10.1 Å². The minimum atomic E-state index is -4.60. The van der Waals surface area contributed by atoms with Gasteiger partial charge in [-0.1, -0.05) is 25.4 Å². The van der Waals surface area contributed by atoms with Crippen LogP contribution in [0.3, 0.4) is 0 Å². The monoisotopic (exact) mass is 449 g/mol. The number of hydrogen-bond donors (Lipinski definition) is 1. The lowest BCUT2D eigenvalue weighted by Crippen LogP contribution is -2.38. The van der Waals surface area contributed by atoms with Gasteiger partial charge in [0.05, 0.1) is 22.7 Å². The third-order valence-electron chi connectivity index (χ3n) is 3.87. The number of benzene rings is 1. The Morgan fingerprint density at radius 3 is 2.53 bits per heavy atom. The van der Waals surface area contributed by atoms with Crippen molar-refractivity contribution in [2.75, 3.05) is 13.2 Å². The van der Waals surface area contributed by atoms with Crippen LogP contribution in [0.15, 0.2) is 30.5 Å². The predicted molar refractivity (Wildman–Crippen MR) is 98.9 cm³/mol. The number of amides is 1. The first kappa shape index (κ1) is 23.3. The number of nitrogens with one attached hydrogen (secondary N) is 1. The topological polar surface area (TPSA) is 94.4 Å². The van der Waals surface area contributed by atoms with E-state index in [2.05, 4.69) is 10.3 Å². The van der Waals surface area contributed by atoms with Crippen LogP contribution in [-0.2, 0) is 6.18 Å². The average molecular weight is 450 g/mol. The molecule has 2 aromatic rings. The van der Waals surface area contributed by atoms with Gasteiger partial charge in [0.25, 0.3) is 11.6 Å². The second-order valence-corrected chi connectivity index (χ2v) is 7.47. The molecule has 0 unspecified atom stereocenters. The van der Waals surface area contributed by atoms with Crippen molar-refractivity contribution in [3.05, 3.63) is 62.5 Å². The Bertz CT molecular complexity index is 967. The van der Waals surface area contributed by atoms with E-state index in [1.54, 1.807) is 13.8 Å². The van der Waals surface area contributed by atoms with Gasteiger partial charge in [-0.05, 0) is 12.1 Å². The molecular weight excluding hydrogens is 434 g/mol. The number of hydrogen-bond acceptors (Lipinski definition) is 5. The maximum Gasteiger partial charge on any atom is 0.417 e. The van der Waals surface area contributed by atoms with E-state index in [0.717, 1.165) is 18.2 Å². The van der Waals surface area contributed by atoms with Crippen molar-refractivity contribution in [1.82, 2.24) is 10.3 Å². The number of halogens is 5. The smallest absolute Gasteiger partial charge is 0.417 e. The third-order valence-corrected chi connectivity index (χ3v) is 4.14. The molecule has 1 amide bonds. The van der Waals surface area contributed by atoms with Gasteiger partial charge in [0.1, 0.15) is 10.8 Å². The van der Waals surface area contributed by atoms with E-state index in [1.165, 1.54) is 0 Å². The SMILES string of the molecule is CC(C)(CNC(=O)c1cc([N+](=O)[O-])ccc1F)COc1ncc(C(F)(F)F)cc1Cl. The molecule has 0 bridgehead atoms. The maximum atomic E-state index is 13.8. The Kier molecular flexibility index (Phi) is 6.86. The van der Waals surface area contributed by atoms with Gasteiger partial charge in [0, 0.05) is 30.3 Å². The van der Waals surface area contributed by atoms with Crippen molar-refractivity contribution >= 4 is 23.2 Å². The molecule has 2 rings (SSSR count). The number of ether oxygens (including phenoxy) is 1. The first-order chi connectivity index (χ1) is 13.8. The summed E-state index contributed by atoms with van der Waals surface area (Å²) in [5.74, 6) is -2.00. The average Bonchev–Trinajstić information content (AvgIpc) is 2.64. The highest BCUT2D eigenvalue weighted by atomic mass is 35.5. The number of nitrogens with zero attached hydrogens (tertiary/aromatic N) is 2. The molecule has 1 heterocycles. The van der Waals surface area contributed by atoms with Gasteiger partial charge in [-0.2, -0.15) is 13.2 Å². The normalized spacial score (nSPS) is 11.8. The number of non-ortho nitro benzene ring substituents is 1. The Morgan fingerprint density at radius 2 is 1.97 bits per heavy atom. The summed E-state index contributed by atoms with van der Waals surface area (Å²) in [6, 6.07) is 3.26. The minimum absolute atomic E-state index is 0.0355. The number of alkyl halides is 3. The Morgan fingerprint density at radius 1 is 1.30 bits per heavy atom. The largest absolute Gasteiger partial charge is 0.476 e. The van der Waals surface area contributed by atoms with E-state index < -0.39 is 45.1 Å². The number of nitro benzene ring substituents is 1. The molecule has 0 saturated heterocycles. The molecule has 0 spiro atoms. The van der Waals surface area contributed by atoms with Crippen LogP contribution in [0.25, 0.3) is 0 Å². The number of aromatic nitrogens is 1. The summed E-state index contributed by atoms with van der Waals surface area (Å²) < 4.78 is 57.1. The van der Waals surface area contributed by atoms with Crippen molar-refractivity contribution < 1.29 is 32.0 Å². The molecule has 0 aliphatic rings. The van der Waals surface area contributed by atoms with Crippen molar-refractivity contribution in [3.8, 4) is 5.88 Å². The fourth-order valence-electron chi connectivity index (χ4n) is 2.22. The summed E-state index contributed by atoms with van der Waals surface area (Å²) in [5.41, 5.74) is -2.72. The van der Waals surface area contributed by atoms with Crippen LogP contribution in [0.1, 0.15) is 29.8 Å². The van der Waals surface area contributed by atoms with Crippen LogP contribution in [0, 0.1) is 21.3 Å². The lowest BCUT2D eigenvalue weighted by atomic mass is 9.94. The molecule has 0 aliphatic heterocycles. The summed E-state index contributed by atoms with van der Waals surface area (Å²) >= 11 is 5.78. The summed E-state index contributed by atoms with van der Waals surface area (Å²) in [6.07, 6.45) is -4.01. The highest BCUT2D eigenvalue weighted by Crippen LogP contribution is 2.33. The highest BCUT2D eigenvalue weighted by molar-refractivity contribution is 6.31. The van der Waals surface area contributed by atoms with Crippen LogP contribution in [-0.4, -0.2) is 29.0 Å². The molecule has 30 heavy (non-hydrogen) atoms. The fourth-order valence-corrected chi connectivity index (χ4v) is 2.44. The van der Waals surface area contributed by atoms with Gasteiger partial charge in [-0.15, -0.1) is 0 Å². The molecular formula is C18H16ClF4N3O4. The molecule has 1 aromatic heterocycles. The first-order valence-corrected chi connectivity index (χ1v) is 8.76. The van der Waals surface area contributed by atoms with Gasteiger partial charge in [0.2, 0.25) is 5.88 Å². The lowest BCUT2D eigenvalue weighted by Gasteiger charge is -2.25. The van der Waals surface area contributed by atoms with Crippen LogP contribution in [0.4, 0.5) is 23.2 Å². The molecule has 12 heteroatoms. The maximum absolute atomic E-state index is 13.8. The molecule has 7 nitrogen and oxygen atoms in total. The minimum Gasteiger partial charge on any atom is -0.476 e. The Balaban J connectivity index is 2.00. The van der Waals surface area contributed by atoms with E-state index in [9.17, 15) is 32.5 Å². The number of pyridine rings is 1. The number of rotatable bonds is 7. The lowest BCUT2D eigenvalue weighted by molar-refractivity contribution is -0.384. The van der Waals surface area contributed by atoms with Gasteiger partial charge in [-0.3, -0.25) is 14.9 Å². The summed E-state index contributed by atoms with van der Waals surface area (Å²) in [4.78, 5) is 25.8. The molecule has 0 fully saturated rings. The fraction of sp³-hybridized carbons (Fsp3) is 0.333. The van der Waals surface area contributed by atoms with E-state index >= 15 is 0 Å². The van der Waals surface area contributed by atoms with Gasteiger partial charge in [0.15, 0.2) is 0 Å². The number of nitro groups is 1. The molecule has 1 aromatic carbocycles. The Hall–Kier alpha value is -2.95. The van der Waals surface area contributed by atoms with Gasteiger partial charge < -0.3 is 10.1 Å². The van der Waals surface area contributed by atoms with Gasteiger partial charge >= 0.3 is 6.18 Å². The number of carbonyl (C=O) groups excluding carboxylic acids is 1. The van der Waals surface area contributed by atoms with Crippen molar-refractivity contribution in [1.29, 1.82) is 0 Å². The van der Waals surface area contributed by atoms with Crippen LogP contribution >= 0.6 is 11.6 Å². The molecule has 0 saturated carbocycles. The first-order valence-electron chi connectivity index (χ1n) is 8.38. The molecule has 1 N–H and O–H groups in total.